The van der Waals surface area contributed by atoms with Crippen LogP contribution in [0.2, 0.25) is 0 Å². The predicted octanol–water partition coefficient (Wildman–Crippen LogP) is 1.29. The number of benzene rings is 1. The summed E-state index contributed by atoms with van der Waals surface area (Å²) in [6, 6.07) is 4.97. The highest BCUT2D eigenvalue weighted by atomic mass is 16.6. The fourth-order valence-electron chi connectivity index (χ4n) is 2.58. The van der Waals surface area contributed by atoms with E-state index in [0.29, 0.717) is 30.2 Å². The maximum Gasteiger partial charge on any atom is 0.344 e. The van der Waals surface area contributed by atoms with E-state index in [9.17, 15) is 14.9 Å². The van der Waals surface area contributed by atoms with Gasteiger partial charge in [0.1, 0.15) is 5.56 Å². The molecule has 1 aliphatic heterocycles. The van der Waals surface area contributed by atoms with E-state index < -0.39 is 10.9 Å². The van der Waals surface area contributed by atoms with Gasteiger partial charge in [0.2, 0.25) is 0 Å². The fraction of sp³-hybridized carbons (Fsp3) is 0.500. The molecule has 2 unspecified atom stereocenters. The number of carbonyl (C=O) groups is 1. The number of nitrogens with zero attached hydrogens (tertiary/aromatic N) is 1. The smallest absolute Gasteiger partial charge is 0.344 e. The van der Waals surface area contributed by atoms with Crippen molar-refractivity contribution in [2.24, 2.45) is 5.92 Å². The molecular formula is C14H20N4O4. The van der Waals surface area contributed by atoms with Crippen LogP contribution in [0.3, 0.4) is 0 Å². The highest BCUT2D eigenvalue weighted by Crippen LogP contribution is 2.24. The summed E-state index contributed by atoms with van der Waals surface area (Å²) in [4.78, 5) is 22.1. The number of ether oxygens (including phenoxy) is 1. The first-order valence-corrected chi connectivity index (χ1v) is 7.05. The SMILES string of the molecule is COC(=O)c1cc(NCC2C(C)NNC2C)ccc1[N+](=O)[O-]. The van der Waals surface area contributed by atoms with Gasteiger partial charge < -0.3 is 10.1 Å². The Morgan fingerprint density at radius 2 is 2.00 bits per heavy atom. The molecule has 0 aliphatic carbocycles. The van der Waals surface area contributed by atoms with Gasteiger partial charge in [-0.15, -0.1) is 0 Å². The van der Waals surface area contributed by atoms with E-state index in [4.69, 9.17) is 0 Å². The Kier molecular flexibility index (Phi) is 4.94. The quantitative estimate of drug-likeness (QED) is 0.427. The summed E-state index contributed by atoms with van der Waals surface area (Å²) >= 11 is 0. The Morgan fingerprint density at radius 3 is 2.55 bits per heavy atom. The van der Waals surface area contributed by atoms with Crippen molar-refractivity contribution >= 4 is 17.3 Å². The van der Waals surface area contributed by atoms with Crippen LogP contribution in [0.1, 0.15) is 24.2 Å². The van der Waals surface area contributed by atoms with E-state index in [0.717, 1.165) is 0 Å². The Balaban J connectivity index is 2.15. The highest BCUT2D eigenvalue weighted by molar-refractivity contribution is 5.95. The Bertz CT molecular complexity index is 568. The van der Waals surface area contributed by atoms with Gasteiger partial charge in [-0.1, -0.05) is 0 Å². The van der Waals surface area contributed by atoms with Crippen LogP contribution in [-0.4, -0.2) is 36.6 Å². The number of hydrogen-bond acceptors (Lipinski definition) is 7. The molecule has 120 valence electrons. The number of esters is 1. The summed E-state index contributed by atoms with van der Waals surface area (Å²) in [5.74, 6) is -0.363. The Labute approximate surface area is 128 Å². The monoisotopic (exact) mass is 308 g/mol. The van der Waals surface area contributed by atoms with E-state index in [1.54, 1.807) is 6.07 Å². The zero-order valence-corrected chi connectivity index (χ0v) is 12.8. The Hall–Kier alpha value is -2.19. The maximum atomic E-state index is 11.7. The molecule has 0 aromatic heterocycles. The number of anilines is 1. The van der Waals surface area contributed by atoms with Gasteiger partial charge in [0.25, 0.3) is 5.69 Å². The molecule has 0 radical (unpaired) electrons. The molecule has 0 saturated carbocycles. The Morgan fingerprint density at radius 1 is 1.36 bits per heavy atom. The standard InChI is InChI=1S/C14H20N4O4/c1-8-12(9(2)17-16-8)7-15-10-4-5-13(18(20)21)11(6-10)14(19)22-3/h4-6,8-9,12,15-17H,7H2,1-3H3. The van der Waals surface area contributed by atoms with E-state index in [2.05, 4.69) is 34.8 Å². The van der Waals surface area contributed by atoms with Crippen LogP contribution < -0.4 is 16.2 Å². The first-order chi connectivity index (χ1) is 10.4. The van der Waals surface area contributed by atoms with E-state index in [1.807, 2.05) is 0 Å². The molecule has 22 heavy (non-hydrogen) atoms. The van der Waals surface area contributed by atoms with Gasteiger partial charge in [0, 0.05) is 36.3 Å². The number of carbonyl (C=O) groups excluding carboxylic acids is 1. The molecule has 8 heteroatoms. The number of nitro groups is 1. The number of hydrogen-bond donors (Lipinski definition) is 3. The summed E-state index contributed by atoms with van der Waals surface area (Å²) in [6.45, 7) is 4.85. The molecule has 1 aliphatic rings. The zero-order chi connectivity index (χ0) is 16.3. The van der Waals surface area contributed by atoms with Gasteiger partial charge >= 0.3 is 5.97 Å². The molecule has 0 spiro atoms. The van der Waals surface area contributed by atoms with Crippen molar-refractivity contribution in [1.82, 2.24) is 10.9 Å². The van der Waals surface area contributed by atoms with Crippen LogP contribution in [-0.2, 0) is 4.74 Å². The lowest BCUT2D eigenvalue weighted by molar-refractivity contribution is -0.385. The van der Waals surface area contributed by atoms with Crippen LogP contribution in [0.4, 0.5) is 11.4 Å². The molecule has 1 saturated heterocycles. The minimum atomic E-state index is -0.721. The maximum absolute atomic E-state index is 11.7. The third-order valence-electron chi connectivity index (χ3n) is 3.96. The predicted molar refractivity (Wildman–Crippen MR) is 81.6 cm³/mol. The van der Waals surface area contributed by atoms with Gasteiger partial charge in [-0.05, 0) is 26.0 Å². The summed E-state index contributed by atoms with van der Waals surface area (Å²) < 4.78 is 4.60. The molecule has 0 amide bonds. The number of methoxy groups -OCH3 is 1. The third kappa shape index (κ3) is 3.34. The second-order valence-electron chi connectivity index (χ2n) is 5.39. The molecule has 8 nitrogen and oxygen atoms in total. The number of nitrogens with one attached hydrogen (secondary N) is 3. The molecule has 1 aromatic rings. The van der Waals surface area contributed by atoms with Crippen molar-refractivity contribution in [3.63, 3.8) is 0 Å². The largest absolute Gasteiger partial charge is 0.465 e. The lowest BCUT2D eigenvalue weighted by Gasteiger charge is -2.19. The second kappa shape index (κ2) is 6.71. The lowest BCUT2D eigenvalue weighted by Crippen LogP contribution is -2.30. The van der Waals surface area contributed by atoms with Gasteiger partial charge in [-0.2, -0.15) is 0 Å². The van der Waals surface area contributed by atoms with E-state index >= 15 is 0 Å². The molecule has 1 heterocycles. The van der Waals surface area contributed by atoms with Crippen molar-refractivity contribution in [3.05, 3.63) is 33.9 Å². The van der Waals surface area contributed by atoms with Gasteiger partial charge in [-0.3, -0.25) is 21.0 Å². The molecule has 3 N–H and O–H groups in total. The van der Waals surface area contributed by atoms with Crippen molar-refractivity contribution < 1.29 is 14.5 Å². The summed E-state index contributed by atoms with van der Waals surface area (Å²) in [7, 11) is 1.20. The van der Waals surface area contributed by atoms with Crippen LogP contribution in [0.5, 0.6) is 0 Å². The first kappa shape index (κ1) is 16.2. The van der Waals surface area contributed by atoms with Gasteiger partial charge in [0.05, 0.1) is 12.0 Å². The van der Waals surface area contributed by atoms with Crippen molar-refractivity contribution in [1.29, 1.82) is 0 Å². The minimum absolute atomic E-state index is 0.0544. The van der Waals surface area contributed by atoms with Crippen molar-refractivity contribution in [2.45, 2.75) is 25.9 Å². The molecular weight excluding hydrogens is 288 g/mol. The average Bonchev–Trinajstić information content (AvgIpc) is 2.82. The number of hydrazine groups is 1. The van der Waals surface area contributed by atoms with Crippen LogP contribution >= 0.6 is 0 Å². The van der Waals surface area contributed by atoms with Crippen LogP contribution in [0.15, 0.2) is 18.2 Å². The lowest BCUT2D eigenvalue weighted by atomic mass is 9.96. The third-order valence-corrected chi connectivity index (χ3v) is 3.96. The second-order valence-corrected chi connectivity index (χ2v) is 5.39. The van der Waals surface area contributed by atoms with E-state index in [-0.39, 0.29) is 11.3 Å². The van der Waals surface area contributed by atoms with E-state index in [1.165, 1.54) is 19.2 Å². The van der Waals surface area contributed by atoms with Gasteiger partial charge in [-0.25, -0.2) is 4.79 Å². The molecule has 1 aromatic carbocycles. The number of rotatable bonds is 5. The first-order valence-electron chi connectivity index (χ1n) is 7.05. The molecule has 1 fully saturated rings. The molecule has 2 atom stereocenters. The summed E-state index contributed by atoms with van der Waals surface area (Å²) in [6.07, 6.45) is 0. The molecule has 0 bridgehead atoms. The topological polar surface area (TPSA) is 106 Å². The summed E-state index contributed by atoms with van der Waals surface area (Å²) in [5.41, 5.74) is 6.66. The minimum Gasteiger partial charge on any atom is -0.465 e. The summed E-state index contributed by atoms with van der Waals surface area (Å²) in [5, 5.41) is 14.2. The zero-order valence-electron chi connectivity index (χ0n) is 12.8. The van der Waals surface area contributed by atoms with Crippen LogP contribution in [0.25, 0.3) is 0 Å². The normalized spacial score (nSPS) is 24.0. The fourth-order valence-corrected chi connectivity index (χ4v) is 2.58. The van der Waals surface area contributed by atoms with Gasteiger partial charge in [0.15, 0.2) is 0 Å². The average molecular weight is 308 g/mol. The van der Waals surface area contributed by atoms with Crippen molar-refractivity contribution in [3.8, 4) is 0 Å². The number of nitro benzene ring substituents is 1. The highest BCUT2D eigenvalue weighted by Gasteiger charge is 2.29. The molecule has 2 rings (SSSR count). The van der Waals surface area contributed by atoms with Crippen molar-refractivity contribution in [2.75, 3.05) is 19.0 Å². The van der Waals surface area contributed by atoms with Crippen LogP contribution in [0, 0.1) is 16.0 Å².